The van der Waals surface area contributed by atoms with E-state index in [2.05, 4.69) is 5.32 Å². The molecular formula is C21H27NO6. The van der Waals surface area contributed by atoms with Gasteiger partial charge in [-0.2, -0.15) is 0 Å². The molecule has 0 saturated carbocycles. The number of fused-ring (bicyclic) bond motifs is 3. The SMILES string of the molecule is Cc1c(C)c2c(OCC(=O)N[C@@H](C)CO)cc3c(c2oc1=O)CCC(C)(C)O3. The third kappa shape index (κ3) is 3.85. The Labute approximate surface area is 163 Å². The molecule has 0 spiro atoms. The number of benzene rings is 1. The molecular weight excluding hydrogens is 362 g/mol. The summed E-state index contributed by atoms with van der Waals surface area (Å²) in [6.45, 7) is 8.87. The van der Waals surface area contributed by atoms with E-state index in [1.807, 2.05) is 20.8 Å². The molecule has 0 saturated heterocycles. The van der Waals surface area contributed by atoms with Gasteiger partial charge in [0.15, 0.2) is 6.61 Å². The molecule has 2 N–H and O–H groups in total. The third-order valence-electron chi connectivity index (χ3n) is 5.15. The van der Waals surface area contributed by atoms with E-state index in [0.29, 0.717) is 28.0 Å². The summed E-state index contributed by atoms with van der Waals surface area (Å²) >= 11 is 0. The number of aliphatic hydroxyl groups excluding tert-OH is 1. The Bertz CT molecular complexity index is 975. The topological polar surface area (TPSA) is 98.0 Å². The molecule has 28 heavy (non-hydrogen) atoms. The first-order valence-electron chi connectivity index (χ1n) is 9.45. The summed E-state index contributed by atoms with van der Waals surface area (Å²) in [6.07, 6.45) is 1.52. The lowest BCUT2D eigenvalue weighted by Gasteiger charge is -2.33. The molecule has 1 aliphatic rings. The molecule has 152 valence electrons. The molecule has 0 fully saturated rings. The first-order chi connectivity index (χ1) is 13.1. The number of carbonyl (C=O) groups is 1. The molecule has 1 aliphatic heterocycles. The lowest BCUT2D eigenvalue weighted by atomic mass is 9.92. The number of hydrogen-bond acceptors (Lipinski definition) is 6. The van der Waals surface area contributed by atoms with Crippen LogP contribution in [-0.4, -0.2) is 35.9 Å². The highest BCUT2D eigenvalue weighted by atomic mass is 16.5. The van der Waals surface area contributed by atoms with Crippen LogP contribution < -0.4 is 20.4 Å². The number of aryl methyl sites for hydroxylation is 2. The molecule has 0 unspecified atom stereocenters. The van der Waals surface area contributed by atoms with E-state index >= 15 is 0 Å². The lowest BCUT2D eigenvalue weighted by Crippen LogP contribution is -2.38. The van der Waals surface area contributed by atoms with Crippen LogP contribution in [0.1, 0.15) is 43.9 Å². The van der Waals surface area contributed by atoms with Gasteiger partial charge in [0.25, 0.3) is 5.91 Å². The van der Waals surface area contributed by atoms with Crippen molar-refractivity contribution in [2.75, 3.05) is 13.2 Å². The third-order valence-corrected chi connectivity index (χ3v) is 5.15. The number of rotatable bonds is 5. The van der Waals surface area contributed by atoms with E-state index < -0.39 is 0 Å². The molecule has 1 amide bonds. The molecule has 7 heteroatoms. The van der Waals surface area contributed by atoms with Crippen LogP contribution in [0.15, 0.2) is 15.3 Å². The van der Waals surface area contributed by atoms with Crippen LogP contribution in [0.2, 0.25) is 0 Å². The fourth-order valence-corrected chi connectivity index (χ4v) is 3.35. The molecule has 0 aliphatic carbocycles. The van der Waals surface area contributed by atoms with Gasteiger partial charge >= 0.3 is 5.63 Å². The highest BCUT2D eigenvalue weighted by Crippen LogP contribution is 2.43. The average Bonchev–Trinajstić information content (AvgIpc) is 2.62. The average molecular weight is 389 g/mol. The minimum atomic E-state index is -0.385. The van der Waals surface area contributed by atoms with Gasteiger partial charge in [-0.15, -0.1) is 0 Å². The van der Waals surface area contributed by atoms with Crippen LogP contribution in [-0.2, 0) is 11.2 Å². The Hall–Kier alpha value is -2.54. The molecule has 3 rings (SSSR count). The smallest absolute Gasteiger partial charge is 0.339 e. The second kappa shape index (κ2) is 7.47. The van der Waals surface area contributed by atoms with Crippen molar-refractivity contribution < 1.29 is 23.8 Å². The van der Waals surface area contributed by atoms with Crippen molar-refractivity contribution >= 4 is 16.9 Å². The fraction of sp³-hybridized carbons (Fsp3) is 0.524. The molecule has 0 bridgehead atoms. The molecule has 0 radical (unpaired) electrons. The first-order valence-corrected chi connectivity index (χ1v) is 9.45. The highest BCUT2D eigenvalue weighted by molar-refractivity contribution is 5.92. The second-order valence-corrected chi connectivity index (χ2v) is 8.00. The van der Waals surface area contributed by atoms with Crippen LogP contribution in [0.3, 0.4) is 0 Å². The second-order valence-electron chi connectivity index (χ2n) is 8.00. The predicted molar refractivity (Wildman–Crippen MR) is 105 cm³/mol. The van der Waals surface area contributed by atoms with Crippen molar-refractivity contribution in [2.24, 2.45) is 0 Å². The van der Waals surface area contributed by atoms with Gasteiger partial charge in [-0.25, -0.2) is 4.79 Å². The molecule has 1 atom stereocenters. The maximum absolute atomic E-state index is 12.3. The minimum Gasteiger partial charge on any atom is -0.487 e. The molecule has 2 heterocycles. The zero-order chi connectivity index (χ0) is 20.6. The van der Waals surface area contributed by atoms with Crippen LogP contribution in [0.25, 0.3) is 11.0 Å². The zero-order valence-electron chi connectivity index (χ0n) is 17.0. The summed E-state index contributed by atoms with van der Waals surface area (Å²) in [4.78, 5) is 24.3. The maximum Gasteiger partial charge on any atom is 0.339 e. The van der Waals surface area contributed by atoms with Gasteiger partial charge in [0.1, 0.15) is 22.7 Å². The summed E-state index contributed by atoms with van der Waals surface area (Å²) in [6, 6.07) is 1.41. The summed E-state index contributed by atoms with van der Waals surface area (Å²) in [7, 11) is 0. The minimum absolute atomic E-state index is 0.153. The number of aliphatic hydroxyl groups is 1. The summed E-state index contributed by atoms with van der Waals surface area (Å²) in [5, 5.41) is 12.4. The van der Waals surface area contributed by atoms with E-state index in [1.54, 1.807) is 19.9 Å². The zero-order valence-corrected chi connectivity index (χ0v) is 17.0. The summed E-state index contributed by atoms with van der Waals surface area (Å²) in [5.41, 5.74) is 1.85. The van der Waals surface area contributed by atoms with Crippen LogP contribution in [0, 0.1) is 13.8 Å². The van der Waals surface area contributed by atoms with E-state index in [0.717, 1.165) is 24.0 Å². The van der Waals surface area contributed by atoms with E-state index in [9.17, 15) is 9.59 Å². The van der Waals surface area contributed by atoms with Gasteiger partial charge in [0, 0.05) is 23.2 Å². The number of ether oxygens (including phenoxy) is 2. The van der Waals surface area contributed by atoms with Crippen LogP contribution in [0.4, 0.5) is 0 Å². The molecule has 1 aromatic heterocycles. The Morgan fingerprint density at radius 1 is 1.36 bits per heavy atom. The normalized spacial score (nSPS) is 16.2. The van der Waals surface area contributed by atoms with Gasteiger partial charge in [0.05, 0.1) is 12.0 Å². The Morgan fingerprint density at radius 3 is 2.75 bits per heavy atom. The van der Waals surface area contributed by atoms with E-state index in [-0.39, 0.29) is 36.4 Å². The van der Waals surface area contributed by atoms with E-state index in [1.165, 1.54) is 0 Å². The van der Waals surface area contributed by atoms with Gasteiger partial charge in [0.2, 0.25) is 0 Å². The monoisotopic (exact) mass is 389 g/mol. The Balaban J connectivity index is 2.07. The number of hydrogen-bond donors (Lipinski definition) is 2. The van der Waals surface area contributed by atoms with Gasteiger partial charge in [-0.1, -0.05) is 0 Å². The van der Waals surface area contributed by atoms with Crippen molar-refractivity contribution in [1.82, 2.24) is 5.32 Å². The standard InChI is InChI=1S/C21H27NO6/c1-11(9-23)22-17(24)10-26-16-8-15-14(6-7-21(4,5)28-15)19-18(16)12(2)13(3)20(25)27-19/h8,11,23H,6-7,9-10H2,1-5H3,(H,22,24)/t11-/m0/s1. The number of amides is 1. The summed E-state index contributed by atoms with van der Waals surface area (Å²) in [5.74, 6) is 0.692. The van der Waals surface area contributed by atoms with Crippen LogP contribution >= 0.6 is 0 Å². The lowest BCUT2D eigenvalue weighted by molar-refractivity contribution is -0.123. The maximum atomic E-state index is 12.3. The van der Waals surface area contributed by atoms with Crippen molar-refractivity contribution in [2.45, 2.75) is 59.1 Å². The van der Waals surface area contributed by atoms with Gasteiger partial charge in [-0.3, -0.25) is 4.79 Å². The number of nitrogens with one attached hydrogen (secondary N) is 1. The fourth-order valence-electron chi connectivity index (χ4n) is 3.35. The van der Waals surface area contributed by atoms with Gasteiger partial charge < -0.3 is 24.3 Å². The van der Waals surface area contributed by atoms with Gasteiger partial charge in [-0.05, 0) is 53.0 Å². The molecule has 1 aromatic carbocycles. The molecule has 2 aromatic rings. The van der Waals surface area contributed by atoms with E-state index in [4.69, 9.17) is 19.0 Å². The van der Waals surface area contributed by atoms with Crippen molar-refractivity contribution in [3.05, 3.63) is 33.2 Å². The van der Waals surface area contributed by atoms with Crippen LogP contribution in [0.5, 0.6) is 11.5 Å². The predicted octanol–water partition coefficient (Wildman–Crippen LogP) is 2.39. The Kier molecular flexibility index (Phi) is 5.39. The summed E-state index contributed by atoms with van der Waals surface area (Å²) < 4.78 is 17.5. The molecule has 7 nitrogen and oxygen atoms in total. The largest absolute Gasteiger partial charge is 0.487 e. The Morgan fingerprint density at radius 2 is 2.07 bits per heavy atom. The highest BCUT2D eigenvalue weighted by Gasteiger charge is 2.31. The van der Waals surface area contributed by atoms with Crippen molar-refractivity contribution in [1.29, 1.82) is 0 Å². The first kappa shape index (κ1) is 20.2. The van der Waals surface area contributed by atoms with Crippen molar-refractivity contribution in [3.63, 3.8) is 0 Å². The quantitative estimate of drug-likeness (QED) is 0.762. The number of carbonyl (C=O) groups excluding carboxylic acids is 1. The van der Waals surface area contributed by atoms with Crippen molar-refractivity contribution in [3.8, 4) is 11.5 Å².